The van der Waals surface area contributed by atoms with Crippen LogP contribution in [0.15, 0.2) is 164 Å². The van der Waals surface area contributed by atoms with Crippen LogP contribution in [0.1, 0.15) is 132 Å². The fourth-order valence-corrected chi connectivity index (χ4v) is 34.2. The van der Waals surface area contributed by atoms with Gasteiger partial charge in [-0.3, -0.25) is 0 Å². The van der Waals surface area contributed by atoms with Crippen LogP contribution < -0.4 is 24.8 Å². The van der Waals surface area contributed by atoms with Gasteiger partial charge in [0.2, 0.25) is 0 Å². The number of hydrogen-bond acceptors (Lipinski definition) is 0. The molecule has 2 saturated carbocycles. The third kappa shape index (κ3) is 5.70. The minimum atomic E-state index is -4.42. The van der Waals surface area contributed by atoms with Crippen LogP contribution >= 0.6 is 0 Å². The fourth-order valence-electron chi connectivity index (χ4n) is 15.9. The normalized spacial score (nSPS) is 36.7. The minimum absolute atomic E-state index is 0. The van der Waals surface area contributed by atoms with Crippen molar-refractivity contribution in [3.05, 3.63) is 186 Å². The second kappa shape index (κ2) is 15.4. The zero-order valence-electron chi connectivity index (χ0n) is 40.8. The molecule has 0 bridgehead atoms. The van der Waals surface area contributed by atoms with Crippen LogP contribution in [0.3, 0.4) is 0 Å². The van der Waals surface area contributed by atoms with Gasteiger partial charge >= 0.3 is 377 Å². The second-order valence-electron chi connectivity index (χ2n) is 23.5. The van der Waals surface area contributed by atoms with Gasteiger partial charge < -0.3 is 24.8 Å². The SMILES string of the molecule is CC1=CC=CC2[CH]([Zr+2]([C]3=CC=CC3)([C]3=CC=CC3)=[C](c3ccc(C(C)(C)C)cc3)c3ccc(C(C)(C)C)cc3)C3(C)C4(C)C=CC=CC4(C)C4(C)C=CC=CC4(C)C3(C)C12C.[Cl-].[Cl-]. The van der Waals surface area contributed by atoms with E-state index in [9.17, 15) is 0 Å². The zero-order valence-corrected chi connectivity index (χ0v) is 44.7. The van der Waals surface area contributed by atoms with Crippen molar-refractivity contribution < 1.29 is 44.6 Å². The van der Waals surface area contributed by atoms with Gasteiger partial charge in [-0.25, -0.2) is 0 Å². The molecule has 7 aliphatic carbocycles. The molecule has 0 nitrogen and oxygen atoms in total. The van der Waals surface area contributed by atoms with E-state index >= 15 is 0 Å². The van der Waals surface area contributed by atoms with Crippen molar-refractivity contribution in [2.24, 2.45) is 43.8 Å². The van der Waals surface area contributed by atoms with Crippen molar-refractivity contribution in [2.45, 2.75) is 124 Å². The largest absolute Gasteiger partial charge is 1.00 e. The molecule has 0 N–H and O–H groups in total. The summed E-state index contributed by atoms with van der Waals surface area (Å²) in [6, 6.07) is 20.1. The predicted molar refractivity (Wildman–Crippen MR) is 261 cm³/mol. The number of allylic oxidation sites excluding steroid dienone is 20. The molecular weight excluding hydrogens is 883 g/mol. The molecule has 0 aromatic heterocycles. The number of fused-ring (bicyclic) bond motifs is 8. The first-order chi connectivity index (χ1) is 28.6. The molecule has 63 heavy (non-hydrogen) atoms. The van der Waals surface area contributed by atoms with Crippen molar-refractivity contribution >= 4 is 3.21 Å². The average molecular weight is 956 g/mol. The summed E-state index contributed by atoms with van der Waals surface area (Å²) >= 11 is -4.42. The van der Waals surface area contributed by atoms with Gasteiger partial charge in [0.25, 0.3) is 0 Å². The maximum atomic E-state index is 2.86. The number of benzene rings is 2. The van der Waals surface area contributed by atoms with E-state index < -0.39 is 19.8 Å². The fraction of sp³-hybridized carbons (Fsp3) is 0.450. The van der Waals surface area contributed by atoms with E-state index in [1.54, 1.807) is 15.3 Å². The molecule has 3 heteroatoms. The number of hydrogen-bond donors (Lipinski definition) is 0. The molecular formula is C60H73Cl2Zr. The maximum absolute atomic E-state index is 4.42. The standard InChI is InChI=1S/C29H37.C21H26.2C5H5.2ClH.Zr/c1-21-14-13-15-22-20-27(6)25(4)18-10-9-16-23(25,2)24(3)17-11-12-19-26(24,5)29(27,8)28(21,22)7;1-20(2,3)18-11-7-16(8-12-18)15-17-9-13-19(14-10-17)21(4,5)6;2*1-2-4-5-3-1;;;/h9-20,22H,1-8H3;7-14H,1-6H3;2*1-3H,4H2;2*1H;/q;;;;;;+2/p-2. The Balaban J connectivity index is 0.00000298. The monoisotopic (exact) mass is 953 g/mol. The average Bonchev–Trinajstić information content (AvgIpc) is 3.99. The number of halogens is 2. The van der Waals surface area contributed by atoms with E-state index in [2.05, 4.69) is 249 Å². The summed E-state index contributed by atoms with van der Waals surface area (Å²) < 4.78 is 5.54. The predicted octanol–water partition coefficient (Wildman–Crippen LogP) is 9.94. The second-order valence-corrected chi connectivity index (χ2v) is 33.4. The molecule has 0 aliphatic heterocycles. The molecule has 9 atom stereocenters. The van der Waals surface area contributed by atoms with E-state index in [1.807, 2.05) is 0 Å². The molecule has 2 aromatic carbocycles. The Kier molecular flexibility index (Phi) is 11.7. The van der Waals surface area contributed by atoms with Crippen molar-refractivity contribution in [3.63, 3.8) is 0 Å². The summed E-state index contributed by atoms with van der Waals surface area (Å²) in [5.74, 6) is 0.322. The Labute approximate surface area is 399 Å². The van der Waals surface area contributed by atoms with Gasteiger partial charge in [0.05, 0.1) is 0 Å². The molecule has 7 aliphatic rings. The molecule has 2 aromatic rings. The summed E-state index contributed by atoms with van der Waals surface area (Å²) in [5, 5.41) is 0. The van der Waals surface area contributed by atoms with Crippen LogP contribution in [-0.4, -0.2) is 3.21 Å². The summed E-state index contributed by atoms with van der Waals surface area (Å²) in [6.07, 6.45) is 45.3. The summed E-state index contributed by atoms with van der Waals surface area (Å²) in [5.41, 5.74) is 6.12. The number of rotatable bonds is 5. The topological polar surface area (TPSA) is 0 Å². The molecule has 2 fully saturated rings. The third-order valence-corrected chi connectivity index (χ3v) is 34.8. The van der Waals surface area contributed by atoms with Crippen LogP contribution in [0.5, 0.6) is 0 Å². The van der Waals surface area contributed by atoms with Crippen molar-refractivity contribution in [3.8, 4) is 0 Å². The third-order valence-electron chi connectivity index (χ3n) is 20.0. The Hall–Kier alpha value is -2.83. The van der Waals surface area contributed by atoms with E-state index in [0.717, 1.165) is 12.8 Å². The molecule has 0 heterocycles. The van der Waals surface area contributed by atoms with Gasteiger partial charge in [-0.2, -0.15) is 0 Å². The van der Waals surface area contributed by atoms with Crippen LogP contribution in [-0.2, 0) is 30.6 Å². The van der Waals surface area contributed by atoms with Crippen LogP contribution in [0.4, 0.5) is 0 Å². The van der Waals surface area contributed by atoms with Gasteiger partial charge in [0.1, 0.15) is 0 Å². The van der Waals surface area contributed by atoms with Crippen molar-refractivity contribution in [2.75, 3.05) is 0 Å². The maximum Gasteiger partial charge on any atom is -1.00 e. The molecule has 0 radical (unpaired) electrons. The quantitative estimate of drug-likeness (QED) is 0.280. The van der Waals surface area contributed by atoms with Crippen molar-refractivity contribution in [1.29, 1.82) is 0 Å². The summed E-state index contributed by atoms with van der Waals surface area (Å²) in [4.78, 5) is 0. The van der Waals surface area contributed by atoms with Gasteiger partial charge in [-0.05, 0) is 0 Å². The van der Waals surface area contributed by atoms with Crippen molar-refractivity contribution in [1.82, 2.24) is 0 Å². The van der Waals surface area contributed by atoms with E-state index in [0.29, 0.717) is 9.54 Å². The summed E-state index contributed by atoms with van der Waals surface area (Å²) in [6.45, 7) is 35.8. The van der Waals surface area contributed by atoms with Crippen LogP contribution in [0, 0.1) is 43.8 Å². The minimum Gasteiger partial charge on any atom is -1.00 e. The van der Waals surface area contributed by atoms with Gasteiger partial charge in [0, 0.05) is 0 Å². The Morgan fingerprint density at radius 3 is 1.35 bits per heavy atom. The molecule has 9 rings (SSSR count). The first-order valence-electron chi connectivity index (χ1n) is 23.5. The Morgan fingerprint density at radius 2 is 0.937 bits per heavy atom. The molecule has 9 unspecified atom stereocenters. The summed E-state index contributed by atoms with van der Waals surface area (Å²) in [7, 11) is 0. The Bertz CT molecular complexity index is 2470. The molecule has 331 valence electrons. The van der Waals surface area contributed by atoms with Gasteiger partial charge in [-0.15, -0.1) is 0 Å². The van der Waals surface area contributed by atoms with E-state index in [4.69, 9.17) is 0 Å². The smallest absolute Gasteiger partial charge is 1.00 e. The van der Waals surface area contributed by atoms with Gasteiger partial charge in [-0.1, -0.05) is 0 Å². The van der Waals surface area contributed by atoms with E-state index in [1.165, 1.54) is 22.3 Å². The van der Waals surface area contributed by atoms with Gasteiger partial charge in [0.15, 0.2) is 0 Å². The van der Waals surface area contributed by atoms with Crippen LogP contribution in [0.25, 0.3) is 0 Å². The van der Waals surface area contributed by atoms with Crippen LogP contribution in [0.2, 0.25) is 3.63 Å². The first-order valence-corrected chi connectivity index (χ1v) is 28.6. The Morgan fingerprint density at radius 1 is 0.524 bits per heavy atom. The molecule has 0 amide bonds. The molecule has 0 spiro atoms. The first kappa shape index (κ1) is 48.1. The zero-order chi connectivity index (χ0) is 43.9. The molecule has 0 saturated heterocycles. The van der Waals surface area contributed by atoms with E-state index in [-0.39, 0.29) is 73.5 Å².